The molecule has 0 saturated heterocycles. The standard InChI is InChI=1S/C18H19ClO5/c1-5-23-18(21)15-11(3)24-10(2)14(17(20)22-4)16(15)12-6-8-13(19)9-7-12/h6-9,16H,5H2,1-4H3/t16-/m1/s1. The summed E-state index contributed by atoms with van der Waals surface area (Å²) in [6, 6.07) is 6.94. The Bertz CT molecular complexity index is 715. The summed E-state index contributed by atoms with van der Waals surface area (Å²) in [7, 11) is 1.29. The van der Waals surface area contributed by atoms with Gasteiger partial charge in [-0.15, -0.1) is 0 Å². The number of allylic oxidation sites excluding steroid dienone is 2. The Morgan fingerprint density at radius 2 is 1.62 bits per heavy atom. The number of ether oxygens (including phenoxy) is 3. The van der Waals surface area contributed by atoms with Crippen LogP contribution in [0.2, 0.25) is 5.02 Å². The summed E-state index contributed by atoms with van der Waals surface area (Å²) in [5, 5.41) is 0.560. The minimum atomic E-state index is -0.637. The highest BCUT2D eigenvalue weighted by molar-refractivity contribution is 6.30. The second-order valence-corrected chi connectivity index (χ2v) is 5.67. The number of carbonyl (C=O) groups is 2. The molecule has 128 valence electrons. The molecule has 24 heavy (non-hydrogen) atoms. The molecule has 0 unspecified atom stereocenters. The number of hydrogen-bond acceptors (Lipinski definition) is 5. The van der Waals surface area contributed by atoms with Gasteiger partial charge in [0.05, 0.1) is 30.8 Å². The summed E-state index contributed by atoms with van der Waals surface area (Å²) in [6.07, 6.45) is 0. The molecule has 5 nitrogen and oxygen atoms in total. The maximum absolute atomic E-state index is 12.5. The van der Waals surface area contributed by atoms with Crippen LogP contribution in [0.25, 0.3) is 0 Å². The van der Waals surface area contributed by atoms with Crippen LogP contribution in [0, 0.1) is 0 Å². The maximum atomic E-state index is 12.5. The van der Waals surface area contributed by atoms with Crippen molar-refractivity contribution in [3.05, 3.63) is 57.5 Å². The first kappa shape index (κ1) is 18.1. The average molecular weight is 351 g/mol. The van der Waals surface area contributed by atoms with Crippen molar-refractivity contribution in [2.24, 2.45) is 0 Å². The summed E-state index contributed by atoms with van der Waals surface area (Å²) in [6.45, 7) is 5.28. The second kappa shape index (κ2) is 7.53. The molecule has 1 heterocycles. The SMILES string of the molecule is CCOC(=O)C1=C(C)OC(C)=C(C(=O)OC)[C@H]1c1ccc(Cl)cc1. The molecule has 0 radical (unpaired) electrons. The molecule has 0 fully saturated rings. The summed E-state index contributed by atoms with van der Waals surface area (Å²) < 4.78 is 15.6. The maximum Gasteiger partial charge on any atom is 0.338 e. The lowest BCUT2D eigenvalue weighted by Gasteiger charge is -2.29. The topological polar surface area (TPSA) is 61.8 Å². The fraction of sp³-hybridized carbons (Fsp3) is 0.333. The first-order chi connectivity index (χ1) is 11.4. The van der Waals surface area contributed by atoms with Crippen LogP contribution in [-0.4, -0.2) is 25.7 Å². The lowest BCUT2D eigenvalue weighted by atomic mass is 9.82. The minimum Gasteiger partial charge on any atom is -0.466 e. The van der Waals surface area contributed by atoms with Crippen molar-refractivity contribution in [3.8, 4) is 0 Å². The van der Waals surface area contributed by atoms with Crippen LogP contribution in [0.5, 0.6) is 0 Å². The van der Waals surface area contributed by atoms with E-state index < -0.39 is 17.9 Å². The van der Waals surface area contributed by atoms with Crippen LogP contribution >= 0.6 is 11.6 Å². The fourth-order valence-electron chi connectivity index (χ4n) is 2.72. The Kier molecular flexibility index (Phi) is 5.67. The molecular weight excluding hydrogens is 332 g/mol. The first-order valence-electron chi connectivity index (χ1n) is 7.51. The number of esters is 2. The zero-order valence-corrected chi connectivity index (χ0v) is 14.8. The van der Waals surface area contributed by atoms with Crippen LogP contribution < -0.4 is 0 Å². The first-order valence-corrected chi connectivity index (χ1v) is 7.88. The Balaban J connectivity index is 2.63. The van der Waals surface area contributed by atoms with E-state index in [0.29, 0.717) is 16.5 Å². The number of benzene rings is 1. The molecule has 0 N–H and O–H groups in total. The predicted octanol–water partition coefficient (Wildman–Crippen LogP) is 3.74. The van der Waals surface area contributed by atoms with Crippen molar-refractivity contribution in [1.29, 1.82) is 0 Å². The Morgan fingerprint density at radius 1 is 1.08 bits per heavy atom. The second-order valence-electron chi connectivity index (χ2n) is 5.24. The highest BCUT2D eigenvalue weighted by atomic mass is 35.5. The summed E-state index contributed by atoms with van der Waals surface area (Å²) in [5.74, 6) is -0.918. The molecule has 1 aromatic carbocycles. The molecule has 6 heteroatoms. The molecule has 0 aromatic heterocycles. The summed E-state index contributed by atoms with van der Waals surface area (Å²) in [4.78, 5) is 24.8. The number of rotatable bonds is 4. The molecule has 0 spiro atoms. The third-order valence-corrected chi connectivity index (χ3v) is 4.00. The van der Waals surface area contributed by atoms with Crippen molar-refractivity contribution >= 4 is 23.5 Å². The highest BCUT2D eigenvalue weighted by Crippen LogP contribution is 2.41. The van der Waals surface area contributed by atoms with Gasteiger partial charge >= 0.3 is 11.9 Å². The molecule has 1 aliphatic rings. The van der Waals surface area contributed by atoms with Crippen LogP contribution in [-0.2, 0) is 23.8 Å². The van der Waals surface area contributed by atoms with Crippen molar-refractivity contribution in [1.82, 2.24) is 0 Å². The van der Waals surface area contributed by atoms with E-state index in [1.165, 1.54) is 7.11 Å². The normalized spacial score (nSPS) is 17.5. The molecule has 0 amide bonds. The number of halogens is 1. The lowest BCUT2D eigenvalue weighted by Crippen LogP contribution is -2.27. The van der Waals surface area contributed by atoms with E-state index in [9.17, 15) is 9.59 Å². The quantitative estimate of drug-likeness (QED) is 0.774. The van der Waals surface area contributed by atoms with Gasteiger partial charge in [-0.2, -0.15) is 0 Å². The van der Waals surface area contributed by atoms with Crippen LogP contribution in [0.4, 0.5) is 0 Å². The Hall–Kier alpha value is -2.27. The van der Waals surface area contributed by atoms with Gasteiger partial charge in [0.25, 0.3) is 0 Å². The van der Waals surface area contributed by atoms with Crippen molar-refractivity contribution in [2.75, 3.05) is 13.7 Å². The van der Waals surface area contributed by atoms with E-state index in [2.05, 4.69) is 0 Å². The largest absolute Gasteiger partial charge is 0.466 e. The van der Waals surface area contributed by atoms with Gasteiger partial charge in [0, 0.05) is 5.02 Å². The van der Waals surface area contributed by atoms with Gasteiger partial charge < -0.3 is 14.2 Å². The van der Waals surface area contributed by atoms with E-state index >= 15 is 0 Å². The van der Waals surface area contributed by atoms with Gasteiger partial charge in [0.2, 0.25) is 0 Å². The fourth-order valence-corrected chi connectivity index (χ4v) is 2.85. The minimum absolute atomic E-state index is 0.221. The van der Waals surface area contributed by atoms with Gasteiger partial charge in [-0.25, -0.2) is 9.59 Å². The van der Waals surface area contributed by atoms with Gasteiger partial charge in [-0.05, 0) is 38.5 Å². The number of carbonyl (C=O) groups excluding carboxylic acids is 2. The zero-order valence-electron chi connectivity index (χ0n) is 14.0. The van der Waals surface area contributed by atoms with E-state index in [0.717, 1.165) is 5.56 Å². The molecule has 0 aliphatic carbocycles. The average Bonchev–Trinajstić information content (AvgIpc) is 2.54. The third-order valence-electron chi connectivity index (χ3n) is 3.75. The van der Waals surface area contributed by atoms with E-state index in [1.807, 2.05) is 0 Å². The van der Waals surface area contributed by atoms with Crippen LogP contribution in [0.15, 0.2) is 46.9 Å². The molecule has 2 rings (SSSR count). The smallest absolute Gasteiger partial charge is 0.338 e. The molecule has 0 bridgehead atoms. The van der Waals surface area contributed by atoms with Crippen molar-refractivity contribution in [2.45, 2.75) is 26.7 Å². The number of methoxy groups -OCH3 is 1. The predicted molar refractivity (Wildman–Crippen MR) is 89.3 cm³/mol. The van der Waals surface area contributed by atoms with Gasteiger partial charge in [0.1, 0.15) is 11.5 Å². The van der Waals surface area contributed by atoms with Crippen LogP contribution in [0.1, 0.15) is 32.3 Å². The van der Waals surface area contributed by atoms with Gasteiger partial charge in [-0.3, -0.25) is 0 Å². The highest BCUT2D eigenvalue weighted by Gasteiger charge is 2.39. The van der Waals surface area contributed by atoms with Crippen molar-refractivity contribution < 1.29 is 23.8 Å². The van der Waals surface area contributed by atoms with Gasteiger partial charge in [0.15, 0.2) is 0 Å². The molecule has 1 aliphatic heterocycles. The van der Waals surface area contributed by atoms with E-state index in [-0.39, 0.29) is 17.8 Å². The number of hydrogen-bond donors (Lipinski definition) is 0. The Labute approximate surface area is 145 Å². The lowest BCUT2D eigenvalue weighted by molar-refractivity contribution is -0.139. The third kappa shape index (κ3) is 3.46. The zero-order chi connectivity index (χ0) is 17.9. The molecule has 1 atom stereocenters. The molecular formula is C18H19ClO5. The summed E-state index contributed by atoms with van der Waals surface area (Å²) in [5.41, 5.74) is 1.28. The van der Waals surface area contributed by atoms with E-state index in [4.69, 9.17) is 25.8 Å². The molecule has 0 saturated carbocycles. The van der Waals surface area contributed by atoms with Crippen molar-refractivity contribution in [3.63, 3.8) is 0 Å². The van der Waals surface area contributed by atoms with Gasteiger partial charge in [-0.1, -0.05) is 23.7 Å². The summed E-state index contributed by atoms with van der Waals surface area (Å²) >= 11 is 5.95. The Morgan fingerprint density at radius 3 is 2.12 bits per heavy atom. The van der Waals surface area contributed by atoms with E-state index in [1.54, 1.807) is 45.0 Å². The monoisotopic (exact) mass is 350 g/mol. The molecule has 1 aromatic rings. The van der Waals surface area contributed by atoms with Crippen LogP contribution in [0.3, 0.4) is 0 Å².